The molecule has 11 nitrogen and oxygen atoms in total. The van der Waals surface area contributed by atoms with Gasteiger partial charge in [0.1, 0.15) is 11.8 Å². The minimum absolute atomic E-state index is 0.0416. The maximum atomic E-state index is 12.9. The van der Waals surface area contributed by atoms with Crippen LogP contribution in [0.15, 0.2) is 40.1 Å². The van der Waals surface area contributed by atoms with Crippen LogP contribution in [-0.2, 0) is 4.79 Å². The van der Waals surface area contributed by atoms with Crippen LogP contribution in [-0.4, -0.2) is 123 Å². The number of allylic oxidation sites excluding steroid dienone is 1. The van der Waals surface area contributed by atoms with Crippen molar-refractivity contribution in [3.8, 4) is 5.75 Å². The molecule has 2 heterocycles. The van der Waals surface area contributed by atoms with Crippen molar-refractivity contribution in [3.63, 3.8) is 0 Å². The number of anilines is 1. The van der Waals surface area contributed by atoms with E-state index in [2.05, 4.69) is 56.2 Å². The summed E-state index contributed by atoms with van der Waals surface area (Å²) in [6.45, 7) is 14.4. The number of piperazine rings is 1. The van der Waals surface area contributed by atoms with Gasteiger partial charge >= 0.3 is 0 Å². The zero-order chi connectivity index (χ0) is 29.9. The first-order valence-corrected chi connectivity index (χ1v) is 14.7. The lowest BCUT2D eigenvalue weighted by molar-refractivity contribution is -0.134. The van der Waals surface area contributed by atoms with Crippen LogP contribution in [0, 0.1) is 0 Å². The Balaban J connectivity index is 1.64. The number of nitrogens with zero attached hydrogens (tertiary/aromatic N) is 6. The second-order valence-corrected chi connectivity index (χ2v) is 10.7. The molecular weight excluding hydrogens is 520 g/mol. The quantitative estimate of drug-likeness (QED) is 0.240. The molecule has 0 spiro atoms. The number of hydrogen-bond acceptors (Lipinski definition) is 7. The summed E-state index contributed by atoms with van der Waals surface area (Å²) in [4.78, 5) is 43.1. The number of likely N-dealkylation sites (N-methyl/N-ethyl adjacent to an activating group) is 2. The predicted octanol–water partition coefficient (Wildman–Crippen LogP) is 2.72. The van der Waals surface area contributed by atoms with Crippen molar-refractivity contribution in [2.45, 2.75) is 52.6 Å². The summed E-state index contributed by atoms with van der Waals surface area (Å²) in [5.74, 6) is 0.799. The molecule has 1 fully saturated rings. The average Bonchev–Trinajstić information content (AvgIpc) is 2.96. The van der Waals surface area contributed by atoms with Gasteiger partial charge in [-0.3, -0.25) is 14.6 Å². The third kappa shape index (κ3) is 8.77. The van der Waals surface area contributed by atoms with Crippen LogP contribution in [0.5, 0.6) is 5.75 Å². The number of carbonyl (C=O) groups excluding carboxylic acids is 2. The number of rotatable bonds is 11. The number of benzene rings is 1. The Morgan fingerprint density at radius 3 is 2.54 bits per heavy atom. The number of ether oxygens (including phenoxy) is 1. The van der Waals surface area contributed by atoms with Crippen molar-refractivity contribution >= 4 is 29.7 Å². The molecule has 11 heteroatoms. The molecule has 1 atom stereocenters. The van der Waals surface area contributed by atoms with E-state index in [-0.39, 0.29) is 23.9 Å². The van der Waals surface area contributed by atoms with Crippen LogP contribution in [0.2, 0.25) is 0 Å². The molecule has 0 aromatic heterocycles. The monoisotopic (exact) mass is 568 g/mol. The molecule has 2 aliphatic rings. The maximum absolute atomic E-state index is 12.9. The van der Waals surface area contributed by atoms with Gasteiger partial charge in [0.2, 0.25) is 11.9 Å². The van der Waals surface area contributed by atoms with Crippen molar-refractivity contribution in [1.82, 2.24) is 24.9 Å². The molecule has 2 amide bonds. The van der Waals surface area contributed by atoms with Gasteiger partial charge in [-0.2, -0.15) is 0 Å². The van der Waals surface area contributed by atoms with Crippen LogP contribution in [0.4, 0.5) is 5.69 Å². The van der Waals surface area contributed by atoms with Crippen LogP contribution in [0.3, 0.4) is 0 Å². The molecule has 226 valence electrons. The smallest absolute Gasteiger partial charge is 0.251 e. The lowest BCUT2D eigenvalue weighted by atomic mass is 10.1. The van der Waals surface area contributed by atoms with E-state index in [1.165, 1.54) is 0 Å². The van der Waals surface area contributed by atoms with E-state index < -0.39 is 0 Å². The van der Waals surface area contributed by atoms with E-state index in [0.717, 1.165) is 45.6 Å². The summed E-state index contributed by atoms with van der Waals surface area (Å²) >= 11 is 0. The SMILES string of the molecule is CCOc1cc(C(=O)NCCCN2CCN(C)CC2)ccc1NC(=NC)/N=C\C1=CN(C(C)C)C(CC)C(=O)N1C. The second kappa shape index (κ2) is 15.5. The molecule has 3 rings (SSSR count). The maximum Gasteiger partial charge on any atom is 0.251 e. The Morgan fingerprint density at radius 1 is 1.17 bits per heavy atom. The van der Waals surface area contributed by atoms with Crippen molar-refractivity contribution in [2.24, 2.45) is 9.98 Å². The van der Waals surface area contributed by atoms with Gasteiger partial charge in [0.25, 0.3) is 5.91 Å². The van der Waals surface area contributed by atoms with Crippen molar-refractivity contribution in [3.05, 3.63) is 35.7 Å². The second-order valence-electron chi connectivity index (χ2n) is 10.7. The molecule has 1 aromatic carbocycles. The molecule has 0 saturated carbocycles. The minimum atomic E-state index is -0.184. The number of carbonyl (C=O) groups is 2. The molecule has 0 radical (unpaired) electrons. The fourth-order valence-corrected chi connectivity index (χ4v) is 4.94. The summed E-state index contributed by atoms with van der Waals surface area (Å²) in [5, 5.41) is 6.23. The number of hydrogen-bond donors (Lipinski definition) is 2. The largest absolute Gasteiger partial charge is 0.492 e. The Hall–Kier alpha value is -3.44. The normalized spacial score (nSPS) is 19.2. The van der Waals surface area contributed by atoms with E-state index in [1.54, 1.807) is 43.4 Å². The van der Waals surface area contributed by atoms with Crippen LogP contribution >= 0.6 is 0 Å². The zero-order valence-corrected chi connectivity index (χ0v) is 25.8. The van der Waals surface area contributed by atoms with Gasteiger partial charge < -0.3 is 35.0 Å². The average molecular weight is 569 g/mol. The minimum Gasteiger partial charge on any atom is -0.492 e. The Labute approximate surface area is 245 Å². The first-order chi connectivity index (χ1) is 19.7. The molecule has 0 bridgehead atoms. The summed E-state index contributed by atoms with van der Waals surface area (Å²) in [7, 11) is 5.55. The summed E-state index contributed by atoms with van der Waals surface area (Å²) < 4.78 is 5.85. The highest BCUT2D eigenvalue weighted by Gasteiger charge is 2.32. The van der Waals surface area contributed by atoms with Crippen molar-refractivity contribution in [2.75, 3.05) is 72.3 Å². The summed E-state index contributed by atoms with van der Waals surface area (Å²) in [6, 6.07) is 5.29. The zero-order valence-electron chi connectivity index (χ0n) is 25.8. The molecule has 2 N–H and O–H groups in total. The van der Waals surface area contributed by atoms with E-state index in [9.17, 15) is 9.59 Å². The first-order valence-electron chi connectivity index (χ1n) is 14.7. The highest BCUT2D eigenvalue weighted by atomic mass is 16.5. The van der Waals surface area contributed by atoms with Crippen molar-refractivity contribution < 1.29 is 14.3 Å². The molecule has 41 heavy (non-hydrogen) atoms. The van der Waals surface area contributed by atoms with E-state index in [1.807, 2.05) is 20.0 Å². The standard InChI is InChI=1S/C30H48N8O3/c1-8-26-29(40)36(7)24(21-38(26)22(3)4)20-33-30(31-5)34-25-12-11-23(19-27(25)41-9-2)28(39)32-13-10-14-37-17-15-35(6)16-18-37/h11-12,19-22,26H,8-10,13-18H2,1-7H3,(H,31,34)(H,32,39)/b33-20-. The third-order valence-corrected chi connectivity index (χ3v) is 7.48. The van der Waals surface area contributed by atoms with E-state index in [4.69, 9.17) is 4.74 Å². The van der Waals surface area contributed by atoms with Gasteiger partial charge in [0, 0.05) is 64.6 Å². The lowest BCUT2D eigenvalue weighted by Crippen LogP contribution is -2.51. The van der Waals surface area contributed by atoms with Gasteiger partial charge in [-0.15, -0.1) is 0 Å². The summed E-state index contributed by atoms with van der Waals surface area (Å²) in [6.07, 6.45) is 5.25. The van der Waals surface area contributed by atoms with Gasteiger partial charge in [0.05, 0.1) is 24.2 Å². The highest BCUT2D eigenvalue weighted by molar-refractivity contribution is 6.03. The number of aliphatic imine (C=N–C) groups is 2. The number of guanidine groups is 1. The Morgan fingerprint density at radius 2 is 1.90 bits per heavy atom. The van der Waals surface area contributed by atoms with Gasteiger partial charge in [-0.1, -0.05) is 6.92 Å². The molecule has 0 aliphatic carbocycles. The van der Waals surface area contributed by atoms with Crippen LogP contribution in [0.25, 0.3) is 0 Å². The topological polar surface area (TPSA) is 105 Å². The lowest BCUT2D eigenvalue weighted by Gasteiger charge is -2.40. The fraction of sp³-hybridized carbons (Fsp3) is 0.600. The third-order valence-electron chi connectivity index (χ3n) is 7.48. The van der Waals surface area contributed by atoms with Gasteiger partial charge in [-0.05, 0) is 65.4 Å². The highest BCUT2D eigenvalue weighted by Crippen LogP contribution is 2.27. The van der Waals surface area contributed by atoms with Gasteiger partial charge in [-0.25, -0.2) is 4.99 Å². The molecule has 2 aliphatic heterocycles. The van der Waals surface area contributed by atoms with E-state index in [0.29, 0.717) is 41.8 Å². The predicted molar refractivity (Wildman–Crippen MR) is 166 cm³/mol. The molecule has 1 aromatic rings. The molecular formula is C30H48N8O3. The Bertz CT molecular complexity index is 1120. The molecule has 1 saturated heterocycles. The van der Waals surface area contributed by atoms with Crippen LogP contribution < -0.4 is 15.4 Å². The van der Waals surface area contributed by atoms with Crippen LogP contribution in [0.1, 0.15) is 50.9 Å². The van der Waals surface area contributed by atoms with Gasteiger partial charge in [0.15, 0.2) is 0 Å². The fourth-order valence-electron chi connectivity index (χ4n) is 4.94. The Kier molecular flexibility index (Phi) is 12.2. The summed E-state index contributed by atoms with van der Waals surface area (Å²) in [5.41, 5.74) is 1.86. The molecule has 1 unspecified atom stereocenters. The first kappa shape index (κ1) is 32.1. The van der Waals surface area contributed by atoms with Crippen molar-refractivity contribution in [1.29, 1.82) is 0 Å². The number of nitrogens with one attached hydrogen (secondary N) is 2. The van der Waals surface area contributed by atoms with E-state index >= 15 is 0 Å². The number of amides is 2.